The molecule has 0 N–H and O–H groups in total. The molecule has 0 bridgehead atoms. The van der Waals surface area contributed by atoms with Gasteiger partial charge >= 0.3 is 0 Å². The molecule has 1 aromatic carbocycles. The molecule has 2 aliphatic rings. The van der Waals surface area contributed by atoms with Crippen LogP contribution in [0.3, 0.4) is 0 Å². The van der Waals surface area contributed by atoms with E-state index in [0.717, 1.165) is 30.7 Å². The highest BCUT2D eigenvalue weighted by molar-refractivity contribution is 7.99. The van der Waals surface area contributed by atoms with Gasteiger partial charge in [-0.1, -0.05) is 12.1 Å². The standard InChI is InChI=1S/C18H22FN3OS/c19-16-5-1-3-14(9-16)11-21-6-2-4-15(12-21)18(23)22-7-8-24-13-17(22)10-20/h1,3,5,9,15,17H,2,4,6-8,11-13H2/t15-,17+/m0/s1. The number of piperidine rings is 1. The van der Waals surface area contributed by atoms with E-state index in [4.69, 9.17) is 0 Å². The van der Waals surface area contributed by atoms with Crippen molar-refractivity contribution in [3.63, 3.8) is 0 Å². The van der Waals surface area contributed by atoms with Gasteiger partial charge in [-0.05, 0) is 37.1 Å². The second kappa shape index (κ2) is 8.00. The molecule has 3 rings (SSSR count). The average molecular weight is 347 g/mol. The molecular formula is C18H22FN3OS. The minimum absolute atomic E-state index is 0.0498. The number of carbonyl (C=O) groups is 1. The van der Waals surface area contributed by atoms with E-state index in [1.54, 1.807) is 28.8 Å². The predicted molar refractivity (Wildman–Crippen MR) is 92.8 cm³/mol. The molecule has 0 aromatic heterocycles. The zero-order valence-corrected chi connectivity index (χ0v) is 14.5. The number of nitrogens with zero attached hydrogens (tertiary/aromatic N) is 3. The number of thioether (sulfide) groups is 1. The summed E-state index contributed by atoms with van der Waals surface area (Å²) in [7, 11) is 0. The molecule has 0 saturated carbocycles. The highest BCUT2D eigenvalue weighted by Gasteiger charge is 2.34. The van der Waals surface area contributed by atoms with E-state index in [-0.39, 0.29) is 23.7 Å². The van der Waals surface area contributed by atoms with E-state index in [1.807, 2.05) is 6.07 Å². The van der Waals surface area contributed by atoms with E-state index in [9.17, 15) is 14.4 Å². The van der Waals surface area contributed by atoms with Crippen LogP contribution in [0, 0.1) is 23.1 Å². The van der Waals surface area contributed by atoms with Gasteiger partial charge in [0.15, 0.2) is 0 Å². The molecule has 1 aromatic rings. The topological polar surface area (TPSA) is 47.3 Å². The molecular weight excluding hydrogens is 325 g/mol. The van der Waals surface area contributed by atoms with E-state index in [2.05, 4.69) is 11.0 Å². The van der Waals surface area contributed by atoms with Gasteiger partial charge in [-0.2, -0.15) is 17.0 Å². The first kappa shape index (κ1) is 17.2. The summed E-state index contributed by atoms with van der Waals surface area (Å²) in [5, 5.41) is 9.28. The number of nitriles is 1. The Kier molecular flexibility index (Phi) is 5.75. The fourth-order valence-electron chi connectivity index (χ4n) is 3.50. The summed E-state index contributed by atoms with van der Waals surface area (Å²) in [6.07, 6.45) is 1.84. The molecule has 24 heavy (non-hydrogen) atoms. The fraction of sp³-hybridized carbons (Fsp3) is 0.556. The van der Waals surface area contributed by atoms with Crippen molar-refractivity contribution in [2.24, 2.45) is 5.92 Å². The van der Waals surface area contributed by atoms with Gasteiger partial charge in [-0.25, -0.2) is 4.39 Å². The van der Waals surface area contributed by atoms with Crippen LogP contribution in [-0.4, -0.2) is 52.9 Å². The predicted octanol–water partition coefficient (Wildman–Crippen LogP) is 2.51. The number of carbonyl (C=O) groups excluding carboxylic acids is 1. The molecule has 0 aliphatic carbocycles. The van der Waals surface area contributed by atoms with Crippen LogP contribution in [-0.2, 0) is 11.3 Å². The lowest BCUT2D eigenvalue weighted by Gasteiger charge is -2.38. The second-order valence-corrected chi connectivity index (χ2v) is 7.61. The maximum Gasteiger partial charge on any atom is 0.228 e. The molecule has 128 valence electrons. The first-order valence-electron chi connectivity index (χ1n) is 8.42. The average Bonchev–Trinajstić information content (AvgIpc) is 2.61. The van der Waals surface area contributed by atoms with Gasteiger partial charge in [0.05, 0.1) is 12.0 Å². The van der Waals surface area contributed by atoms with Gasteiger partial charge < -0.3 is 4.90 Å². The molecule has 4 nitrogen and oxygen atoms in total. The first-order valence-corrected chi connectivity index (χ1v) is 9.57. The van der Waals surface area contributed by atoms with Gasteiger partial charge in [0.1, 0.15) is 11.9 Å². The molecule has 0 radical (unpaired) electrons. The molecule has 2 fully saturated rings. The van der Waals surface area contributed by atoms with E-state index < -0.39 is 0 Å². The molecule has 0 spiro atoms. The van der Waals surface area contributed by atoms with Gasteiger partial charge in [0, 0.05) is 31.1 Å². The molecule has 2 atom stereocenters. The third-order valence-electron chi connectivity index (χ3n) is 4.71. The summed E-state index contributed by atoms with van der Waals surface area (Å²) < 4.78 is 13.3. The van der Waals surface area contributed by atoms with Gasteiger partial charge in [0.2, 0.25) is 5.91 Å². The highest BCUT2D eigenvalue weighted by atomic mass is 32.2. The number of benzene rings is 1. The van der Waals surface area contributed by atoms with Crippen molar-refractivity contribution in [2.75, 3.05) is 31.1 Å². The van der Waals surface area contributed by atoms with E-state index in [1.165, 1.54) is 6.07 Å². The van der Waals surface area contributed by atoms with Crippen LogP contribution < -0.4 is 0 Å². The number of hydrogen-bond acceptors (Lipinski definition) is 4. The Balaban J connectivity index is 1.62. The second-order valence-electron chi connectivity index (χ2n) is 6.46. The van der Waals surface area contributed by atoms with Crippen molar-refractivity contribution in [1.29, 1.82) is 5.26 Å². The lowest BCUT2D eigenvalue weighted by atomic mass is 9.95. The Morgan fingerprint density at radius 1 is 1.42 bits per heavy atom. The molecule has 2 heterocycles. The summed E-state index contributed by atoms with van der Waals surface area (Å²) in [6.45, 7) is 2.95. The maximum atomic E-state index is 13.3. The van der Waals surface area contributed by atoms with Crippen LogP contribution in [0.1, 0.15) is 18.4 Å². The van der Waals surface area contributed by atoms with Crippen LogP contribution in [0.5, 0.6) is 0 Å². The quantitative estimate of drug-likeness (QED) is 0.843. The summed E-state index contributed by atoms with van der Waals surface area (Å²) in [5.74, 6) is 1.46. The van der Waals surface area contributed by atoms with Crippen molar-refractivity contribution in [3.8, 4) is 6.07 Å². The smallest absolute Gasteiger partial charge is 0.228 e. The third kappa shape index (κ3) is 4.08. The van der Waals surface area contributed by atoms with Crippen molar-refractivity contribution in [3.05, 3.63) is 35.6 Å². The number of rotatable bonds is 3. The molecule has 6 heteroatoms. The normalized spacial score (nSPS) is 25.2. The highest BCUT2D eigenvalue weighted by Crippen LogP contribution is 2.24. The van der Waals surface area contributed by atoms with E-state index >= 15 is 0 Å². The Bertz CT molecular complexity index is 633. The van der Waals surface area contributed by atoms with Crippen molar-refractivity contribution in [2.45, 2.75) is 25.4 Å². The Hall–Kier alpha value is -1.58. The number of halogens is 1. The summed E-state index contributed by atoms with van der Waals surface area (Å²) in [4.78, 5) is 16.8. The number of likely N-dealkylation sites (tertiary alicyclic amines) is 1. The zero-order valence-electron chi connectivity index (χ0n) is 13.7. The molecule has 2 saturated heterocycles. The third-order valence-corrected chi connectivity index (χ3v) is 5.73. The van der Waals surface area contributed by atoms with Crippen LogP contribution in [0.4, 0.5) is 4.39 Å². The van der Waals surface area contributed by atoms with Gasteiger partial charge in [0.25, 0.3) is 0 Å². The Labute approximate surface area is 146 Å². The lowest BCUT2D eigenvalue weighted by molar-refractivity contribution is -0.138. The Morgan fingerprint density at radius 2 is 2.29 bits per heavy atom. The Morgan fingerprint density at radius 3 is 3.08 bits per heavy atom. The van der Waals surface area contributed by atoms with Crippen LogP contribution in [0.25, 0.3) is 0 Å². The molecule has 2 aliphatic heterocycles. The summed E-state index contributed by atoms with van der Waals surface area (Å²) >= 11 is 1.74. The molecule has 0 unspecified atom stereocenters. The van der Waals surface area contributed by atoms with Crippen LogP contribution >= 0.6 is 11.8 Å². The lowest BCUT2D eigenvalue weighted by Crippen LogP contribution is -2.51. The summed E-state index contributed by atoms with van der Waals surface area (Å²) in [5.41, 5.74) is 0.937. The monoisotopic (exact) mass is 347 g/mol. The number of amides is 1. The van der Waals surface area contributed by atoms with Crippen LogP contribution in [0.2, 0.25) is 0 Å². The van der Waals surface area contributed by atoms with Gasteiger partial charge in [-0.3, -0.25) is 9.69 Å². The fourth-order valence-corrected chi connectivity index (χ4v) is 4.47. The first-order chi connectivity index (χ1) is 11.7. The minimum atomic E-state index is -0.296. The summed E-state index contributed by atoms with van der Waals surface area (Å²) in [6, 6.07) is 8.61. The zero-order chi connectivity index (χ0) is 16.9. The molecule has 1 amide bonds. The van der Waals surface area contributed by atoms with Gasteiger partial charge in [-0.15, -0.1) is 0 Å². The van der Waals surface area contributed by atoms with Crippen molar-refractivity contribution >= 4 is 17.7 Å². The van der Waals surface area contributed by atoms with E-state index in [0.29, 0.717) is 25.4 Å². The minimum Gasteiger partial charge on any atom is -0.325 e. The largest absolute Gasteiger partial charge is 0.325 e. The van der Waals surface area contributed by atoms with Crippen molar-refractivity contribution < 1.29 is 9.18 Å². The SMILES string of the molecule is N#C[C@@H]1CSCCN1C(=O)[C@H]1CCCN(Cc2cccc(F)c2)C1. The van der Waals surface area contributed by atoms with Crippen LogP contribution in [0.15, 0.2) is 24.3 Å². The maximum absolute atomic E-state index is 13.3. The number of hydrogen-bond donors (Lipinski definition) is 0. The van der Waals surface area contributed by atoms with Crippen molar-refractivity contribution in [1.82, 2.24) is 9.80 Å².